The Morgan fingerprint density at radius 2 is 1.97 bits per heavy atom. The van der Waals surface area contributed by atoms with E-state index in [1.165, 1.54) is 18.0 Å². The van der Waals surface area contributed by atoms with Gasteiger partial charge in [0, 0.05) is 20.4 Å². The minimum absolute atomic E-state index is 0.209. The number of rotatable bonds is 7. The maximum atomic E-state index is 13.5. The Hall–Kier alpha value is -3.67. The predicted molar refractivity (Wildman–Crippen MR) is 152 cm³/mol. The molecular weight excluding hydrogens is 644 g/mol. The van der Waals surface area contributed by atoms with E-state index in [4.69, 9.17) is 31.2 Å². The van der Waals surface area contributed by atoms with E-state index in [1.54, 1.807) is 54.6 Å². The molecule has 0 fully saturated rings. The molecule has 38 heavy (non-hydrogen) atoms. The van der Waals surface area contributed by atoms with E-state index in [1.807, 2.05) is 0 Å². The van der Waals surface area contributed by atoms with Crippen LogP contribution in [0.3, 0.4) is 0 Å². The van der Waals surface area contributed by atoms with Crippen LogP contribution in [-0.4, -0.2) is 35.5 Å². The summed E-state index contributed by atoms with van der Waals surface area (Å²) in [4.78, 5) is 29.4. The van der Waals surface area contributed by atoms with Gasteiger partial charge in [0.25, 0.3) is 11.5 Å². The number of amides is 1. The van der Waals surface area contributed by atoms with E-state index >= 15 is 0 Å². The Morgan fingerprint density at radius 1 is 1.18 bits per heavy atom. The highest BCUT2D eigenvalue weighted by molar-refractivity contribution is 9.13. The number of carbonyl (C=O) groups excluding carboxylic acids is 1. The van der Waals surface area contributed by atoms with Crippen molar-refractivity contribution in [1.82, 2.24) is 9.66 Å². The SMILES string of the molecule is COc1cc(C=Nn2c(-c3cc4cc(Cl)ccc4o3)nc3ccccc3c2=O)c(Br)c(Br)c1OCC(N)=O. The number of primary amides is 1. The van der Waals surface area contributed by atoms with Crippen molar-refractivity contribution in [2.75, 3.05) is 13.7 Å². The van der Waals surface area contributed by atoms with Crippen LogP contribution in [0.2, 0.25) is 5.02 Å². The van der Waals surface area contributed by atoms with Crippen LogP contribution in [0.4, 0.5) is 0 Å². The Labute approximate surface area is 237 Å². The van der Waals surface area contributed by atoms with E-state index in [9.17, 15) is 9.59 Å². The normalized spacial score (nSPS) is 11.5. The molecule has 0 spiro atoms. The van der Waals surface area contributed by atoms with Gasteiger partial charge in [0.2, 0.25) is 5.82 Å². The zero-order valence-electron chi connectivity index (χ0n) is 19.6. The number of methoxy groups -OCH3 is 1. The van der Waals surface area contributed by atoms with Crippen molar-refractivity contribution in [2.45, 2.75) is 0 Å². The summed E-state index contributed by atoms with van der Waals surface area (Å²) >= 11 is 13.1. The third-order valence-electron chi connectivity index (χ3n) is 5.50. The summed E-state index contributed by atoms with van der Waals surface area (Å²) < 4.78 is 19.1. The molecule has 12 heteroatoms. The lowest BCUT2D eigenvalue weighted by Crippen LogP contribution is -2.20. The molecule has 1 amide bonds. The van der Waals surface area contributed by atoms with Crippen LogP contribution >= 0.6 is 43.5 Å². The third-order valence-corrected chi connectivity index (χ3v) is 7.88. The van der Waals surface area contributed by atoms with Crippen molar-refractivity contribution >= 4 is 77.5 Å². The number of ether oxygens (including phenoxy) is 2. The Bertz CT molecular complexity index is 1820. The van der Waals surface area contributed by atoms with Gasteiger partial charge in [-0.3, -0.25) is 9.59 Å². The molecule has 0 aliphatic carbocycles. The molecule has 2 N–H and O–H groups in total. The molecule has 0 radical (unpaired) electrons. The molecule has 9 nitrogen and oxygen atoms in total. The number of carbonyl (C=O) groups is 1. The van der Waals surface area contributed by atoms with Crippen LogP contribution in [0.25, 0.3) is 33.5 Å². The minimum atomic E-state index is -0.635. The van der Waals surface area contributed by atoms with Gasteiger partial charge in [0.15, 0.2) is 23.9 Å². The fourth-order valence-electron chi connectivity index (χ4n) is 3.76. The Morgan fingerprint density at radius 3 is 2.74 bits per heavy atom. The lowest BCUT2D eigenvalue weighted by Gasteiger charge is -2.14. The second-order valence-electron chi connectivity index (χ2n) is 7.99. The highest BCUT2D eigenvalue weighted by Gasteiger charge is 2.19. The second kappa shape index (κ2) is 10.6. The maximum Gasteiger partial charge on any atom is 0.282 e. The zero-order valence-corrected chi connectivity index (χ0v) is 23.5. The van der Waals surface area contributed by atoms with Crippen molar-refractivity contribution in [3.8, 4) is 23.1 Å². The van der Waals surface area contributed by atoms with Crippen molar-refractivity contribution in [2.24, 2.45) is 10.8 Å². The van der Waals surface area contributed by atoms with Gasteiger partial charge < -0.3 is 19.6 Å². The smallest absolute Gasteiger partial charge is 0.282 e. The largest absolute Gasteiger partial charge is 0.493 e. The molecule has 0 bridgehead atoms. The predicted octanol–water partition coefficient (Wildman–Crippen LogP) is 5.74. The summed E-state index contributed by atoms with van der Waals surface area (Å²) in [6, 6.07) is 15.6. The first kappa shape index (κ1) is 26.0. The number of para-hydroxylation sites is 1. The van der Waals surface area contributed by atoms with Crippen LogP contribution in [0.5, 0.6) is 11.5 Å². The molecule has 5 aromatic rings. The number of hydrogen-bond acceptors (Lipinski definition) is 7. The molecule has 2 aromatic heterocycles. The van der Waals surface area contributed by atoms with Gasteiger partial charge in [0.05, 0.1) is 28.7 Å². The van der Waals surface area contributed by atoms with Crippen molar-refractivity contribution < 1.29 is 18.7 Å². The minimum Gasteiger partial charge on any atom is -0.493 e. The van der Waals surface area contributed by atoms with Crippen LogP contribution < -0.4 is 20.8 Å². The van der Waals surface area contributed by atoms with Gasteiger partial charge in [-0.1, -0.05) is 23.7 Å². The first-order valence-electron chi connectivity index (χ1n) is 11.0. The topological polar surface area (TPSA) is 122 Å². The Kier molecular flexibility index (Phi) is 7.24. The molecule has 5 rings (SSSR count). The fourth-order valence-corrected chi connectivity index (χ4v) is 4.88. The average Bonchev–Trinajstić information content (AvgIpc) is 3.32. The Balaban J connectivity index is 1.67. The van der Waals surface area contributed by atoms with E-state index < -0.39 is 5.91 Å². The van der Waals surface area contributed by atoms with Gasteiger partial charge in [-0.15, -0.1) is 0 Å². The summed E-state index contributed by atoms with van der Waals surface area (Å²) in [5.74, 6) is 0.517. The molecule has 0 aliphatic rings. The van der Waals surface area contributed by atoms with Crippen molar-refractivity contribution in [3.05, 3.63) is 84.5 Å². The molecule has 3 aromatic carbocycles. The first-order valence-corrected chi connectivity index (χ1v) is 13.0. The van der Waals surface area contributed by atoms with Crippen molar-refractivity contribution in [3.63, 3.8) is 0 Å². The summed E-state index contributed by atoms with van der Waals surface area (Å²) in [6.45, 7) is -0.334. The van der Waals surface area contributed by atoms with Crippen LogP contribution in [-0.2, 0) is 4.79 Å². The molecular formula is C26H17Br2ClN4O5. The summed E-state index contributed by atoms with van der Waals surface area (Å²) in [6.07, 6.45) is 1.47. The van der Waals surface area contributed by atoms with Crippen LogP contribution in [0.1, 0.15) is 5.56 Å². The van der Waals surface area contributed by atoms with Gasteiger partial charge in [0.1, 0.15) is 5.58 Å². The molecule has 0 aliphatic heterocycles. The van der Waals surface area contributed by atoms with Crippen molar-refractivity contribution in [1.29, 1.82) is 0 Å². The number of nitrogens with two attached hydrogens (primary N) is 1. The van der Waals surface area contributed by atoms with Crippen LogP contribution in [0.15, 0.2) is 77.9 Å². The number of halogens is 3. The second-order valence-corrected chi connectivity index (χ2v) is 10.0. The number of furan rings is 1. The highest BCUT2D eigenvalue weighted by Crippen LogP contribution is 2.42. The first-order chi connectivity index (χ1) is 18.3. The number of fused-ring (bicyclic) bond motifs is 2. The lowest BCUT2D eigenvalue weighted by molar-refractivity contribution is -0.119. The van der Waals surface area contributed by atoms with Gasteiger partial charge in [-0.2, -0.15) is 9.78 Å². The summed E-state index contributed by atoms with van der Waals surface area (Å²) in [5, 5.41) is 6.18. The highest BCUT2D eigenvalue weighted by atomic mass is 79.9. The fraction of sp³-hybridized carbons (Fsp3) is 0.0769. The van der Waals surface area contributed by atoms with Gasteiger partial charge in [-0.05, 0) is 74.3 Å². The van der Waals surface area contributed by atoms with E-state index in [0.717, 1.165) is 5.39 Å². The number of aromatic nitrogens is 2. The number of nitrogens with zero attached hydrogens (tertiary/aromatic N) is 3. The molecule has 0 atom stereocenters. The molecule has 2 heterocycles. The molecule has 192 valence electrons. The third kappa shape index (κ3) is 4.92. The van der Waals surface area contributed by atoms with E-state index in [2.05, 4.69) is 41.9 Å². The maximum absolute atomic E-state index is 13.5. The number of benzene rings is 3. The lowest BCUT2D eigenvalue weighted by atomic mass is 10.2. The summed E-state index contributed by atoms with van der Waals surface area (Å²) in [7, 11) is 1.46. The van der Waals surface area contributed by atoms with E-state index in [0.29, 0.717) is 47.5 Å². The molecule has 0 saturated carbocycles. The average molecular weight is 661 g/mol. The molecule has 0 saturated heterocycles. The van der Waals surface area contributed by atoms with Crippen LogP contribution in [0, 0.1) is 0 Å². The quantitative estimate of drug-likeness (QED) is 0.222. The van der Waals surface area contributed by atoms with Gasteiger partial charge in [-0.25, -0.2) is 4.98 Å². The standard InChI is InChI=1S/C26H17Br2ClN4O5/c1-36-19-10-14(22(27)23(28)24(19)37-12-21(30)34)11-31-33-25(32-17-5-3-2-4-16(17)26(33)35)20-9-13-8-15(29)6-7-18(13)38-20/h2-11H,12H2,1H3,(H2,30,34). The van der Waals surface area contributed by atoms with E-state index in [-0.39, 0.29) is 23.7 Å². The number of hydrogen-bond donors (Lipinski definition) is 1. The van der Waals surface area contributed by atoms with Gasteiger partial charge >= 0.3 is 0 Å². The monoisotopic (exact) mass is 658 g/mol. The molecule has 0 unspecified atom stereocenters. The summed E-state index contributed by atoms with van der Waals surface area (Å²) in [5.41, 5.74) is 6.45. The zero-order chi connectivity index (χ0) is 27.0.